The highest BCUT2D eigenvalue weighted by atomic mass is 16.5. The molecule has 2 aliphatic heterocycles. The normalized spacial score (nSPS) is 16.3. The van der Waals surface area contributed by atoms with Crippen LogP contribution >= 0.6 is 0 Å². The first kappa shape index (κ1) is 18.8. The third-order valence-corrected chi connectivity index (χ3v) is 5.68. The standard InChI is InChI=1S/C23H26N6O/c1-17-4-2-5-18-6-3-11-29(22(17)18)21-9-10-24-23(27-21)26-19-7-8-20(25-16-19)28-12-14-30-15-13-28/h2,4-5,7-10,16H,3,6,11-15H2,1H3,(H,24,26,27). The number of benzene rings is 1. The van der Waals surface area contributed by atoms with Crippen molar-refractivity contribution < 1.29 is 4.74 Å². The Labute approximate surface area is 176 Å². The van der Waals surface area contributed by atoms with Crippen molar-refractivity contribution in [3.63, 3.8) is 0 Å². The van der Waals surface area contributed by atoms with Gasteiger partial charge in [0.25, 0.3) is 0 Å². The molecule has 1 N–H and O–H groups in total. The molecule has 0 amide bonds. The highest BCUT2D eigenvalue weighted by Crippen LogP contribution is 2.35. The first-order valence-electron chi connectivity index (χ1n) is 10.5. The zero-order valence-electron chi connectivity index (χ0n) is 17.2. The van der Waals surface area contributed by atoms with Crippen molar-refractivity contribution in [1.82, 2.24) is 15.0 Å². The quantitative estimate of drug-likeness (QED) is 0.711. The van der Waals surface area contributed by atoms with Crippen LogP contribution < -0.4 is 15.1 Å². The largest absolute Gasteiger partial charge is 0.378 e. The van der Waals surface area contributed by atoms with Crippen LogP contribution in [0.4, 0.5) is 29.0 Å². The number of hydrogen-bond donors (Lipinski definition) is 1. The number of para-hydroxylation sites is 1. The Kier molecular flexibility index (Phi) is 5.19. The Morgan fingerprint density at radius 2 is 1.87 bits per heavy atom. The number of anilines is 5. The lowest BCUT2D eigenvalue weighted by Crippen LogP contribution is -2.36. The molecule has 0 saturated carbocycles. The minimum absolute atomic E-state index is 0.578. The summed E-state index contributed by atoms with van der Waals surface area (Å²) < 4.78 is 5.41. The summed E-state index contributed by atoms with van der Waals surface area (Å²) in [6, 6.07) is 12.6. The van der Waals surface area contributed by atoms with Gasteiger partial charge in [0.15, 0.2) is 0 Å². The van der Waals surface area contributed by atoms with Gasteiger partial charge in [-0.05, 0) is 49.1 Å². The van der Waals surface area contributed by atoms with E-state index >= 15 is 0 Å². The summed E-state index contributed by atoms with van der Waals surface area (Å²) in [5.41, 5.74) is 4.82. The van der Waals surface area contributed by atoms with E-state index in [1.165, 1.54) is 16.8 Å². The third-order valence-electron chi connectivity index (χ3n) is 5.68. The average molecular weight is 403 g/mol. The topological polar surface area (TPSA) is 66.4 Å². The van der Waals surface area contributed by atoms with Crippen LogP contribution in [-0.4, -0.2) is 47.8 Å². The number of nitrogens with one attached hydrogen (secondary N) is 1. The number of pyridine rings is 1. The highest BCUT2D eigenvalue weighted by Gasteiger charge is 2.21. The van der Waals surface area contributed by atoms with E-state index < -0.39 is 0 Å². The molecule has 30 heavy (non-hydrogen) atoms. The van der Waals surface area contributed by atoms with Crippen LogP contribution in [0.1, 0.15) is 17.5 Å². The van der Waals surface area contributed by atoms with Crippen LogP contribution in [0.15, 0.2) is 48.8 Å². The molecule has 154 valence electrons. The van der Waals surface area contributed by atoms with Gasteiger partial charge in [0.1, 0.15) is 11.6 Å². The van der Waals surface area contributed by atoms with Crippen molar-refractivity contribution in [3.05, 3.63) is 59.9 Å². The lowest BCUT2D eigenvalue weighted by Gasteiger charge is -2.32. The fraction of sp³-hybridized carbons (Fsp3) is 0.348. The Balaban J connectivity index is 1.35. The molecule has 1 fully saturated rings. The predicted octanol–water partition coefficient (Wildman–Crippen LogP) is 3.84. The second kappa shape index (κ2) is 8.28. The van der Waals surface area contributed by atoms with E-state index in [2.05, 4.69) is 50.2 Å². The zero-order valence-corrected chi connectivity index (χ0v) is 17.2. The summed E-state index contributed by atoms with van der Waals surface area (Å²) in [6.45, 7) is 6.38. The Morgan fingerprint density at radius 1 is 0.967 bits per heavy atom. The van der Waals surface area contributed by atoms with Crippen molar-refractivity contribution in [1.29, 1.82) is 0 Å². The van der Waals surface area contributed by atoms with Crippen LogP contribution in [0.5, 0.6) is 0 Å². The van der Waals surface area contributed by atoms with Crippen LogP contribution in [0.3, 0.4) is 0 Å². The van der Waals surface area contributed by atoms with Gasteiger partial charge >= 0.3 is 0 Å². The number of hydrogen-bond acceptors (Lipinski definition) is 7. The van der Waals surface area contributed by atoms with Gasteiger partial charge < -0.3 is 19.9 Å². The molecule has 0 aliphatic carbocycles. The third kappa shape index (κ3) is 3.80. The molecule has 7 heteroatoms. The summed E-state index contributed by atoms with van der Waals surface area (Å²) >= 11 is 0. The molecule has 4 heterocycles. The van der Waals surface area contributed by atoms with E-state index in [1.54, 1.807) is 0 Å². The van der Waals surface area contributed by atoms with Gasteiger partial charge in [-0.15, -0.1) is 0 Å². The van der Waals surface area contributed by atoms with Gasteiger partial charge in [-0.2, -0.15) is 4.98 Å². The number of fused-ring (bicyclic) bond motifs is 1. The fourth-order valence-corrected chi connectivity index (χ4v) is 4.20. The summed E-state index contributed by atoms with van der Waals surface area (Å²) in [4.78, 5) is 18.3. The van der Waals surface area contributed by atoms with Gasteiger partial charge in [-0.3, -0.25) is 0 Å². The number of morpholine rings is 1. The summed E-state index contributed by atoms with van der Waals surface area (Å²) in [5, 5.41) is 3.30. The molecular formula is C23H26N6O. The molecule has 0 atom stereocenters. The molecule has 2 aromatic heterocycles. The first-order chi connectivity index (χ1) is 14.8. The number of ether oxygens (including phenoxy) is 1. The Morgan fingerprint density at radius 3 is 2.70 bits per heavy atom. The van der Waals surface area contributed by atoms with Crippen LogP contribution in [-0.2, 0) is 11.2 Å². The van der Waals surface area contributed by atoms with Crippen molar-refractivity contribution in [2.75, 3.05) is 48.0 Å². The summed E-state index contributed by atoms with van der Waals surface area (Å²) in [5.74, 6) is 2.47. The number of nitrogens with zero attached hydrogens (tertiary/aromatic N) is 5. The van der Waals surface area contributed by atoms with E-state index in [0.29, 0.717) is 5.95 Å². The first-order valence-corrected chi connectivity index (χ1v) is 10.5. The minimum Gasteiger partial charge on any atom is -0.378 e. The molecule has 0 bridgehead atoms. The minimum atomic E-state index is 0.578. The van der Waals surface area contributed by atoms with Gasteiger partial charge in [0.05, 0.1) is 25.1 Å². The van der Waals surface area contributed by atoms with Crippen molar-refractivity contribution >= 4 is 29.0 Å². The highest BCUT2D eigenvalue weighted by molar-refractivity contribution is 5.69. The average Bonchev–Trinajstić information content (AvgIpc) is 2.80. The molecule has 7 nitrogen and oxygen atoms in total. The molecule has 1 saturated heterocycles. The van der Waals surface area contributed by atoms with Gasteiger partial charge in [0, 0.05) is 31.5 Å². The maximum absolute atomic E-state index is 5.41. The zero-order chi connectivity index (χ0) is 20.3. The van der Waals surface area contributed by atoms with Crippen molar-refractivity contribution in [2.24, 2.45) is 0 Å². The van der Waals surface area contributed by atoms with Crippen molar-refractivity contribution in [2.45, 2.75) is 19.8 Å². The monoisotopic (exact) mass is 402 g/mol. The van der Waals surface area contributed by atoms with E-state index in [-0.39, 0.29) is 0 Å². The molecule has 5 rings (SSSR count). The lowest BCUT2D eigenvalue weighted by molar-refractivity contribution is 0.122. The SMILES string of the molecule is Cc1cccc2c1N(c1ccnc(Nc3ccc(N4CCOCC4)nc3)n1)CCC2. The number of aromatic nitrogens is 3. The van der Waals surface area contributed by atoms with Crippen LogP contribution in [0.2, 0.25) is 0 Å². The Bertz CT molecular complexity index is 1020. The van der Waals surface area contributed by atoms with E-state index in [4.69, 9.17) is 9.72 Å². The molecular weight excluding hydrogens is 376 g/mol. The molecule has 0 unspecified atom stereocenters. The molecule has 3 aromatic rings. The van der Waals surface area contributed by atoms with Crippen LogP contribution in [0.25, 0.3) is 0 Å². The molecule has 2 aliphatic rings. The smallest absolute Gasteiger partial charge is 0.229 e. The van der Waals surface area contributed by atoms with E-state index in [0.717, 1.165) is 63.0 Å². The maximum atomic E-state index is 5.41. The fourth-order valence-electron chi connectivity index (χ4n) is 4.20. The molecule has 0 spiro atoms. The summed E-state index contributed by atoms with van der Waals surface area (Å²) in [6.07, 6.45) is 5.88. The second-order valence-electron chi connectivity index (χ2n) is 7.71. The summed E-state index contributed by atoms with van der Waals surface area (Å²) in [7, 11) is 0. The number of aryl methyl sites for hydroxylation is 2. The molecule has 1 aromatic carbocycles. The maximum Gasteiger partial charge on any atom is 0.229 e. The van der Waals surface area contributed by atoms with Gasteiger partial charge in [0.2, 0.25) is 5.95 Å². The van der Waals surface area contributed by atoms with Crippen LogP contribution in [0, 0.1) is 6.92 Å². The Hall–Kier alpha value is -3.19. The lowest BCUT2D eigenvalue weighted by atomic mass is 9.98. The predicted molar refractivity (Wildman–Crippen MR) is 119 cm³/mol. The second-order valence-corrected chi connectivity index (χ2v) is 7.71. The van der Waals surface area contributed by atoms with Gasteiger partial charge in [-0.1, -0.05) is 18.2 Å². The van der Waals surface area contributed by atoms with E-state index in [1.807, 2.05) is 30.6 Å². The van der Waals surface area contributed by atoms with Gasteiger partial charge in [-0.25, -0.2) is 9.97 Å². The van der Waals surface area contributed by atoms with Crippen molar-refractivity contribution in [3.8, 4) is 0 Å². The van der Waals surface area contributed by atoms with E-state index in [9.17, 15) is 0 Å². The molecule has 0 radical (unpaired) electrons. The number of rotatable bonds is 4.